The van der Waals surface area contributed by atoms with Crippen molar-refractivity contribution in [2.24, 2.45) is 0 Å². The Kier molecular flexibility index (Phi) is 5.03. The second-order valence-corrected chi connectivity index (χ2v) is 4.68. The standard InChI is InChI=1S/C9H7BrF2INO2/c10-3-6-8(9(11)12)5(13)1-4(14-6)2-7(15)16/h1,9H,2-3H2,(H,15,16). The molecule has 0 unspecified atom stereocenters. The van der Waals surface area contributed by atoms with Crippen LogP contribution in [0.1, 0.15) is 23.4 Å². The van der Waals surface area contributed by atoms with E-state index in [-0.39, 0.29) is 28.7 Å². The lowest BCUT2D eigenvalue weighted by molar-refractivity contribution is -0.136. The molecule has 0 amide bonds. The molecule has 0 fully saturated rings. The highest BCUT2D eigenvalue weighted by molar-refractivity contribution is 14.1. The first-order valence-corrected chi connectivity index (χ1v) is 6.39. The first-order chi connectivity index (χ1) is 7.45. The van der Waals surface area contributed by atoms with Gasteiger partial charge in [-0.3, -0.25) is 9.78 Å². The molecule has 7 heteroatoms. The van der Waals surface area contributed by atoms with Crippen molar-refractivity contribution in [1.29, 1.82) is 0 Å². The maximum Gasteiger partial charge on any atom is 0.309 e. The van der Waals surface area contributed by atoms with Crippen LogP contribution in [0.3, 0.4) is 0 Å². The van der Waals surface area contributed by atoms with E-state index in [0.717, 1.165) is 0 Å². The summed E-state index contributed by atoms with van der Waals surface area (Å²) in [6, 6.07) is 1.38. The third kappa shape index (κ3) is 3.34. The van der Waals surface area contributed by atoms with Crippen LogP contribution in [0.15, 0.2) is 6.07 Å². The lowest BCUT2D eigenvalue weighted by Crippen LogP contribution is -2.07. The minimum Gasteiger partial charge on any atom is -0.481 e. The van der Waals surface area contributed by atoms with Crippen molar-refractivity contribution in [2.75, 3.05) is 0 Å². The molecule has 0 aliphatic heterocycles. The van der Waals surface area contributed by atoms with Crippen LogP contribution >= 0.6 is 38.5 Å². The Hall–Kier alpha value is -0.310. The molecule has 1 aromatic rings. The normalized spacial score (nSPS) is 10.8. The number of carbonyl (C=O) groups is 1. The summed E-state index contributed by atoms with van der Waals surface area (Å²) >= 11 is 4.83. The van der Waals surface area contributed by atoms with E-state index in [4.69, 9.17) is 5.11 Å². The van der Waals surface area contributed by atoms with Crippen LogP contribution in [0, 0.1) is 3.57 Å². The van der Waals surface area contributed by atoms with Crippen LogP contribution in [0.25, 0.3) is 0 Å². The summed E-state index contributed by atoms with van der Waals surface area (Å²) in [4.78, 5) is 14.4. The smallest absolute Gasteiger partial charge is 0.309 e. The van der Waals surface area contributed by atoms with Crippen molar-refractivity contribution >= 4 is 44.5 Å². The zero-order valence-electron chi connectivity index (χ0n) is 7.88. The second kappa shape index (κ2) is 5.85. The van der Waals surface area contributed by atoms with E-state index >= 15 is 0 Å². The van der Waals surface area contributed by atoms with E-state index in [1.54, 1.807) is 22.6 Å². The Labute approximate surface area is 113 Å². The molecule has 0 aromatic carbocycles. The van der Waals surface area contributed by atoms with E-state index in [2.05, 4.69) is 20.9 Å². The Balaban J connectivity index is 3.20. The fourth-order valence-corrected chi connectivity index (χ4v) is 2.54. The lowest BCUT2D eigenvalue weighted by atomic mass is 10.1. The van der Waals surface area contributed by atoms with Crippen molar-refractivity contribution in [3.8, 4) is 0 Å². The van der Waals surface area contributed by atoms with Gasteiger partial charge in [0.1, 0.15) is 0 Å². The van der Waals surface area contributed by atoms with Crippen molar-refractivity contribution in [3.63, 3.8) is 0 Å². The summed E-state index contributed by atoms with van der Waals surface area (Å²) in [7, 11) is 0. The number of rotatable bonds is 4. The highest BCUT2D eigenvalue weighted by Crippen LogP contribution is 2.29. The molecule has 1 rings (SSSR count). The average molecular weight is 406 g/mol. The minimum atomic E-state index is -2.61. The molecule has 3 nitrogen and oxygen atoms in total. The maximum absolute atomic E-state index is 12.7. The third-order valence-electron chi connectivity index (χ3n) is 1.82. The number of hydrogen-bond acceptors (Lipinski definition) is 2. The van der Waals surface area contributed by atoms with Crippen LogP contribution in [0.5, 0.6) is 0 Å². The largest absolute Gasteiger partial charge is 0.481 e. The van der Waals surface area contributed by atoms with Gasteiger partial charge < -0.3 is 5.11 Å². The Morgan fingerprint density at radius 3 is 2.69 bits per heavy atom. The quantitative estimate of drug-likeness (QED) is 0.618. The van der Waals surface area contributed by atoms with Crippen molar-refractivity contribution in [1.82, 2.24) is 4.98 Å². The zero-order valence-corrected chi connectivity index (χ0v) is 11.6. The van der Waals surface area contributed by atoms with Crippen LogP contribution in [-0.2, 0) is 16.5 Å². The molecule has 88 valence electrons. The molecule has 16 heavy (non-hydrogen) atoms. The van der Waals surface area contributed by atoms with E-state index in [1.165, 1.54) is 6.07 Å². The summed E-state index contributed by atoms with van der Waals surface area (Å²) in [6.45, 7) is 0. The van der Waals surface area contributed by atoms with Gasteiger partial charge in [-0.15, -0.1) is 0 Å². The third-order valence-corrected chi connectivity index (χ3v) is 3.24. The first kappa shape index (κ1) is 13.8. The van der Waals surface area contributed by atoms with Crippen molar-refractivity contribution in [3.05, 3.63) is 26.6 Å². The Morgan fingerprint density at radius 2 is 2.25 bits per heavy atom. The summed E-state index contributed by atoms with van der Waals surface area (Å²) in [5.41, 5.74) is 0.348. The van der Waals surface area contributed by atoms with Gasteiger partial charge in [0.15, 0.2) is 0 Å². The van der Waals surface area contributed by atoms with E-state index in [1.807, 2.05) is 0 Å². The number of alkyl halides is 3. The highest BCUT2D eigenvalue weighted by Gasteiger charge is 2.19. The molecule has 0 bridgehead atoms. The number of carboxylic acid groups (broad SMARTS) is 1. The number of carboxylic acids is 1. The Morgan fingerprint density at radius 1 is 1.62 bits per heavy atom. The highest BCUT2D eigenvalue weighted by atomic mass is 127. The molecule has 0 saturated heterocycles. The van der Waals surface area contributed by atoms with Gasteiger partial charge in [0.05, 0.1) is 23.4 Å². The molecule has 1 aromatic heterocycles. The second-order valence-electron chi connectivity index (χ2n) is 2.96. The predicted octanol–water partition coefficient (Wildman–Crippen LogP) is 3.15. The van der Waals surface area contributed by atoms with E-state index < -0.39 is 12.4 Å². The van der Waals surface area contributed by atoms with E-state index in [9.17, 15) is 13.6 Å². The molecule has 0 atom stereocenters. The average Bonchev–Trinajstić information content (AvgIpc) is 2.14. The molecule has 0 saturated carbocycles. The van der Waals surface area contributed by atoms with Crippen molar-refractivity contribution in [2.45, 2.75) is 18.2 Å². The molecule has 0 spiro atoms. The fraction of sp³-hybridized carbons (Fsp3) is 0.333. The SMILES string of the molecule is O=C(O)Cc1cc(I)c(C(F)F)c(CBr)n1. The Bertz CT molecular complexity index is 415. The number of nitrogens with zero attached hydrogens (tertiary/aromatic N) is 1. The molecule has 0 aliphatic rings. The van der Waals surface area contributed by atoms with Gasteiger partial charge in [-0.25, -0.2) is 8.78 Å². The number of aromatic nitrogens is 1. The van der Waals surface area contributed by atoms with Gasteiger partial charge in [-0.05, 0) is 28.7 Å². The zero-order chi connectivity index (χ0) is 12.3. The number of halogens is 4. The number of pyridine rings is 1. The van der Waals surface area contributed by atoms with Crippen molar-refractivity contribution < 1.29 is 18.7 Å². The fourth-order valence-electron chi connectivity index (χ4n) is 1.21. The lowest BCUT2D eigenvalue weighted by Gasteiger charge is -2.10. The molecule has 0 radical (unpaired) electrons. The number of hydrogen-bond donors (Lipinski definition) is 1. The summed E-state index contributed by atoms with van der Waals surface area (Å²) in [6.07, 6.45) is -2.87. The summed E-state index contributed by atoms with van der Waals surface area (Å²) in [5.74, 6) is -1.03. The minimum absolute atomic E-state index is 0.133. The van der Waals surface area contributed by atoms with Gasteiger partial charge in [-0.1, -0.05) is 15.9 Å². The first-order valence-electron chi connectivity index (χ1n) is 4.19. The summed E-state index contributed by atoms with van der Waals surface area (Å²) in [5, 5.41) is 8.77. The molecular weight excluding hydrogens is 399 g/mol. The van der Waals surface area contributed by atoms with Gasteiger partial charge in [0, 0.05) is 8.90 Å². The molecule has 1 N–H and O–H groups in total. The predicted molar refractivity (Wildman–Crippen MR) is 65.9 cm³/mol. The topological polar surface area (TPSA) is 50.2 Å². The van der Waals surface area contributed by atoms with Crippen LogP contribution in [0.4, 0.5) is 8.78 Å². The monoisotopic (exact) mass is 405 g/mol. The van der Waals surface area contributed by atoms with Crippen LogP contribution in [-0.4, -0.2) is 16.1 Å². The van der Waals surface area contributed by atoms with Gasteiger partial charge in [0.25, 0.3) is 6.43 Å². The van der Waals surface area contributed by atoms with Gasteiger partial charge in [0.2, 0.25) is 0 Å². The molecule has 1 heterocycles. The number of aliphatic carboxylic acids is 1. The van der Waals surface area contributed by atoms with Gasteiger partial charge in [-0.2, -0.15) is 0 Å². The molecular formula is C9H7BrF2INO2. The van der Waals surface area contributed by atoms with Gasteiger partial charge >= 0.3 is 5.97 Å². The van der Waals surface area contributed by atoms with Crippen LogP contribution < -0.4 is 0 Å². The summed E-state index contributed by atoms with van der Waals surface area (Å²) < 4.78 is 25.7. The molecule has 0 aliphatic carbocycles. The van der Waals surface area contributed by atoms with E-state index in [0.29, 0.717) is 3.57 Å². The maximum atomic E-state index is 12.7. The van der Waals surface area contributed by atoms with Crippen LogP contribution in [0.2, 0.25) is 0 Å².